The highest BCUT2D eigenvalue weighted by atomic mass is 35.5. The lowest BCUT2D eigenvalue weighted by Crippen LogP contribution is -1.90. The Labute approximate surface area is 164 Å². The molecule has 1 aromatic heterocycles. The molecule has 0 unspecified atom stereocenters. The van der Waals surface area contributed by atoms with E-state index in [1.165, 1.54) is 6.07 Å². The molecular weight excluding hydrogens is 397 g/mol. The number of aromatic nitrogens is 2. The summed E-state index contributed by atoms with van der Waals surface area (Å²) < 4.78 is 0. The fourth-order valence-corrected chi connectivity index (χ4v) is 2.94. The van der Waals surface area contributed by atoms with Gasteiger partial charge in [-0.05, 0) is 42.3 Å². The van der Waals surface area contributed by atoms with Crippen LogP contribution >= 0.6 is 34.8 Å². The summed E-state index contributed by atoms with van der Waals surface area (Å²) in [6.45, 7) is 0. The van der Waals surface area contributed by atoms with Gasteiger partial charge in [-0.25, -0.2) is 0 Å². The minimum absolute atomic E-state index is 0.0979. The molecule has 0 bridgehead atoms. The van der Waals surface area contributed by atoms with Crippen LogP contribution in [0, 0.1) is 10.1 Å². The van der Waals surface area contributed by atoms with Crippen molar-refractivity contribution in [3.63, 3.8) is 0 Å². The third-order valence-corrected chi connectivity index (χ3v) is 4.71. The van der Waals surface area contributed by atoms with Crippen LogP contribution in [0.25, 0.3) is 17.3 Å². The maximum absolute atomic E-state index is 10.8. The lowest BCUT2D eigenvalue weighted by molar-refractivity contribution is -0.384. The van der Waals surface area contributed by atoms with Crippen molar-refractivity contribution in [2.45, 2.75) is 6.42 Å². The van der Waals surface area contributed by atoms with Gasteiger partial charge in [0.25, 0.3) is 5.69 Å². The molecule has 2 aromatic carbocycles. The van der Waals surface area contributed by atoms with Gasteiger partial charge in [0, 0.05) is 11.6 Å². The van der Waals surface area contributed by atoms with Gasteiger partial charge < -0.3 is 0 Å². The largest absolute Gasteiger partial charge is 0.287 e. The van der Waals surface area contributed by atoms with Crippen LogP contribution in [0.5, 0.6) is 0 Å². The SMILES string of the molecule is O=[N+]([O-])c1ccc(CC=Cc2cc(-c3ccc(Cl)c(Cl)c3)n[nH]2)cc1Cl. The number of benzene rings is 2. The van der Waals surface area contributed by atoms with Crippen molar-refractivity contribution in [2.75, 3.05) is 0 Å². The van der Waals surface area contributed by atoms with Crippen LogP contribution in [0.3, 0.4) is 0 Å². The Morgan fingerprint density at radius 1 is 1.04 bits per heavy atom. The van der Waals surface area contributed by atoms with Gasteiger partial charge in [-0.2, -0.15) is 5.10 Å². The van der Waals surface area contributed by atoms with Crippen LogP contribution in [-0.2, 0) is 6.42 Å². The molecule has 0 aliphatic heterocycles. The van der Waals surface area contributed by atoms with E-state index in [4.69, 9.17) is 34.8 Å². The second-order valence-electron chi connectivity index (χ2n) is 5.49. The molecule has 1 N–H and O–H groups in total. The van der Waals surface area contributed by atoms with E-state index in [-0.39, 0.29) is 10.7 Å². The zero-order valence-corrected chi connectivity index (χ0v) is 15.5. The lowest BCUT2D eigenvalue weighted by Gasteiger charge is -1.99. The third kappa shape index (κ3) is 4.25. The molecule has 5 nitrogen and oxygen atoms in total. The fourth-order valence-electron chi connectivity index (χ4n) is 2.37. The zero-order valence-electron chi connectivity index (χ0n) is 13.2. The summed E-state index contributed by atoms with van der Waals surface area (Å²) >= 11 is 17.9. The number of allylic oxidation sites excluding steroid dienone is 1. The summed E-state index contributed by atoms with van der Waals surface area (Å²) in [5.74, 6) is 0. The second-order valence-corrected chi connectivity index (χ2v) is 6.71. The number of halogens is 3. The minimum Gasteiger partial charge on any atom is -0.278 e. The van der Waals surface area contributed by atoms with Crippen molar-refractivity contribution in [2.24, 2.45) is 0 Å². The first-order chi connectivity index (χ1) is 12.4. The van der Waals surface area contributed by atoms with E-state index in [1.54, 1.807) is 24.3 Å². The average Bonchev–Trinajstić information content (AvgIpc) is 3.06. The Kier molecular flexibility index (Phi) is 5.61. The second kappa shape index (κ2) is 7.91. The Bertz CT molecular complexity index is 999. The molecule has 0 saturated carbocycles. The maximum Gasteiger partial charge on any atom is 0.287 e. The van der Waals surface area contributed by atoms with Gasteiger partial charge in [0.05, 0.1) is 26.4 Å². The van der Waals surface area contributed by atoms with Gasteiger partial charge in [-0.15, -0.1) is 0 Å². The van der Waals surface area contributed by atoms with Crippen molar-refractivity contribution >= 4 is 46.6 Å². The summed E-state index contributed by atoms with van der Waals surface area (Å²) in [6.07, 6.45) is 4.38. The fraction of sp³-hybridized carbons (Fsp3) is 0.0556. The molecule has 1 heterocycles. The first-order valence-corrected chi connectivity index (χ1v) is 8.67. The zero-order chi connectivity index (χ0) is 18.7. The first-order valence-electron chi connectivity index (χ1n) is 7.54. The number of H-pyrrole nitrogens is 1. The number of aromatic amines is 1. The molecule has 0 radical (unpaired) electrons. The van der Waals surface area contributed by atoms with Crippen LogP contribution in [0.1, 0.15) is 11.3 Å². The van der Waals surface area contributed by atoms with Crippen molar-refractivity contribution < 1.29 is 4.92 Å². The van der Waals surface area contributed by atoms with Gasteiger partial charge in [0.1, 0.15) is 5.02 Å². The van der Waals surface area contributed by atoms with E-state index >= 15 is 0 Å². The Morgan fingerprint density at radius 3 is 2.54 bits per heavy atom. The Morgan fingerprint density at radius 2 is 1.85 bits per heavy atom. The molecule has 0 atom stereocenters. The van der Waals surface area contributed by atoms with Crippen molar-refractivity contribution in [3.05, 3.63) is 85.0 Å². The van der Waals surface area contributed by atoms with E-state index in [0.717, 1.165) is 22.5 Å². The highest BCUT2D eigenvalue weighted by Crippen LogP contribution is 2.28. The molecule has 0 aliphatic carbocycles. The standard InChI is InChI=1S/C18H12Cl3N3O2/c19-14-6-5-12(9-15(14)20)17-10-13(22-23-17)3-1-2-11-4-7-18(24(25)26)16(21)8-11/h1,3-10H,2H2,(H,22,23). The van der Waals surface area contributed by atoms with Crippen LogP contribution in [-0.4, -0.2) is 15.1 Å². The number of nitrogens with zero attached hydrogens (tertiary/aromatic N) is 2. The molecular formula is C18H12Cl3N3O2. The first kappa shape index (κ1) is 18.5. The molecule has 26 heavy (non-hydrogen) atoms. The van der Waals surface area contributed by atoms with Gasteiger partial charge >= 0.3 is 0 Å². The molecule has 0 spiro atoms. The number of rotatable bonds is 5. The minimum atomic E-state index is -0.503. The van der Waals surface area contributed by atoms with E-state index in [0.29, 0.717) is 16.5 Å². The van der Waals surface area contributed by atoms with Crippen LogP contribution in [0.2, 0.25) is 15.1 Å². The van der Waals surface area contributed by atoms with Gasteiger partial charge in [0.15, 0.2) is 0 Å². The van der Waals surface area contributed by atoms with E-state index in [2.05, 4.69) is 10.2 Å². The molecule has 3 rings (SSSR count). The molecule has 0 fully saturated rings. The van der Waals surface area contributed by atoms with Crippen molar-refractivity contribution in [1.82, 2.24) is 10.2 Å². The summed E-state index contributed by atoms with van der Waals surface area (Å²) in [4.78, 5) is 10.3. The predicted molar refractivity (Wildman–Crippen MR) is 105 cm³/mol. The summed E-state index contributed by atoms with van der Waals surface area (Å²) in [5, 5.41) is 19.1. The molecule has 8 heteroatoms. The molecule has 0 saturated heterocycles. The quantitative estimate of drug-likeness (QED) is 0.403. The van der Waals surface area contributed by atoms with Gasteiger partial charge in [0.2, 0.25) is 0 Å². The number of nitro benzene ring substituents is 1. The summed E-state index contributed by atoms with van der Waals surface area (Å²) in [7, 11) is 0. The van der Waals surface area contributed by atoms with E-state index < -0.39 is 4.92 Å². The van der Waals surface area contributed by atoms with Gasteiger partial charge in [-0.1, -0.05) is 53.0 Å². The third-order valence-electron chi connectivity index (χ3n) is 3.67. The molecule has 3 aromatic rings. The molecule has 132 valence electrons. The highest BCUT2D eigenvalue weighted by molar-refractivity contribution is 6.42. The summed E-state index contributed by atoms with van der Waals surface area (Å²) in [5.41, 5.74) is 3.21. The van der Waals surface area contributed by atoms with Gasteiger partial charge in [-0.3, -0.25) is 15.2 Å². The number of hydrogen-bond acceptors (Lipinski definition) is 3. The van der Waals surface area contributed by atoms with E-state index in [9.17, 15) is 10.1 Å². The maximum atomic E-state index is 10.8. The van der Waals surface area contributed by atoms with E-state index in [1.807, 2.05) is 24.3 Å². The Balaban J connectivity index is 1.70. The Hall–Kier alpha value is -2.34. The lowest BCUT2D eigenvalue weighted by atomic mass is 10.1. The van der Waals surface area contributed by atoms with Crippen molar-refractivity contribution in [3.8, 4) is 11.3 Å². The predicted octanol–water partition coefficient (Wildman–Crippen LogP) is 6.20. The number of hydrogen-bond donors (Lipinski definition) is 1. The smallest absolute Gasteiger partial charge is 0.278 e. The monoisotopic (exact) mass is 407 g/mol. The normalized spacial score (nSPS) is 11.2. The topological polar surface area (TPSA) is 71.8 Å². The van der Waals surface area contributed by atoms with Crippen LogP contribution in [0.15, 0.2) is 48.5 Å². The van der Waals surface area contributed by atoms with Crippen LogP contribution < -0.4 is 0 Å². The summed E-state index contributed by atoms with van der Waals surface area (Å²) in [6, 6.07) is 11.9. The van der Waals surface area contributed by atoms with Crippen molar-refractivity contribution in [1.29, 1.82) is 0 Å². The molecule has 0 amide bonds. The average molecular weight is 409 g/mol. The van der Waals surface area contributed by atoms with Crippen LogP contribution in [0.4, 0.5) is 5.69 Å². The number of nitro groups is 1. The highest BCUT2D eigenvalue weighted by Gasteiger charge is 2.11. The molecule has 0 aliphatic rings. The number of nitrogens with one attached hydrogen (secondary N) is 1.